The molecule has 3 heteroatoms. The summed E-state index contributed by atoms with van der Waals surface area (Å²) < 4.78 is 5.06. The molecule has 0 N–H and O–H groups in total. The molecule has 2 aliphatic carbocycles. The summed E-state index contributed by atoms with van der Waals surface area (Å²) in [5, 5.41) is 2.71. The minimum Gasteiger partial charge on any atom is -0.255 e. The van der Waals surface area contributed by atoms with Crippen molar-refractivity contribution in [2.24, 2.45) is 7.05 Å². The summed E-state index contributed by atoms with van der Waals surface area (Å²) >= 11 is 0. The number of fused-ring (bicyclic) bond motifs is 8. The van der Waals surface area contributed by atoms with E-state index < -0.39 is 0 Å². The third kappa shape index (κ3) is 3.16. The zero-order chi connectivity index (χ0) is 23.5. The molecule has 0 saturated heterocycles. The minimum absolute atomic E-state index is 0.642. The first-order valence-electron chi connectivity index (χ1n) is 13.9. The second-order valence-electron chi connectivity index (χ2n) is 11.2. The van der Waals surface area contributed by atoms with Crippen molar-refractivity contribution in [3.63, 3.8) is 0 Å². The summed E-state index contributed by atoms with van der Waals surface area (Å²) in [7, 11) is 2.25. The number of para-hydroxylation sites is 1. The lowest BCUT2D eigenvalue weighted by molar-refractivity contribution is -0.617. The van der Waals surface area contributed by atoms with Gasteiger partial charge in [0.1, 0.15) is 5.52 Å². The fourth-order valence-electron chi connectivity index (χ4n) is 7.48. The number of hydrogen-bond acceptors (Lipinski definition) is 1. The van der Waals surface area contributed by atoms with Gasteiger partial charge in [0.2, 0.25) is 0 Å². The van der Waals surface area contributed by atoms with Crippen molar-refractivity contribution < 1.29 is 4.57 Å². The molecule has 0 spiro atoms. The topological polar surface area (TPSA) is 21.2 Å². The normalized spacial score (nSPS) is 18.3. The Balaban J connectivity index is 1.69. The number of hydrogen-bond donors (Lipinski definition) is 0. The first kappa shape index (κ1) is 21.4. The molecule has 0 atom stereocenters. The minimum atomic E-state index is 0.642. The number of pyridine rings is 2. The number of aromatic nitrogens is 3. The standard InChI is InChI=1S/C32H36N3/c1-21-19-20-33-30-28(21)32-34(2)27-18-10-16-25(23-13-7-4-8-14-23)31(27)35(32)26-17-9-15-24(29(26)30)22-11-5-3-6-12-22/h9-10,15-20,22-23H,3-8,11-14H2,1-2H3/q+1. The van der Waals surface area contributed by atoms with Crippen LogP contribution in [0.1, 0.15) is 92.7 Å². The summed E-state index contributed by atoms with van der Waals surface area (Å²) in [5.74, 6) is 1.30. The lowest BCUT2D eigenvalue weighted by atomic mass is 9.82. The molecule has 2 fully saturated rings. The maximum Gasteiger partial charge on any atom is 0.297 e. The molecule has 5 aromatic rings. The van der Waals surface area contributed by atoms with E-state index in [9.17, 15) is 0 Å². The summed E-state index contributed by atoms with van der Waals surface area (Å²) in [6, 6.07) is 16.3. The van der Waals surface area contributed by atoms with Crippen molar-refractivity contribution in [2.75, 3.05) is 0 Å². The lowest BCUT2D eigenvalue weighted by Gasteiger charge is -2.24. The van der Waals surface area contributed by atoms with Crippen LogP contribution in [0.25, 0.3) is 38.5 Å². The Morgan fingerprint density at radius 3 is 2.17 bits per heavy atom. The molecule has 2 aromatic carbocycles. The summed E-state index contributed by atoms with van der Waals surface area (Å²) in [5.41, 5.74) is 11.0. The van der Waals surface area contributed by atoms with E-state index in [1.807, 2.05) is 6.20 Å². The largest absolute Gasteiger partial charge is 0.297 e. The van der Waals surface area contributed by atoms with Gasteiger partial charge in [0, 0.05) is 11.8 Å². The predicted molar refractivity (Wildman–Crippen MR) is 145 cm³/mol. The molecule has 0 aliphatic heterocycles. The Morgan fingerprint density at radius 1 is 0.771 bits per heavy atom. The van der Waals surface area contributed by atoms with E-state index in [-0.39, 0.29) is 0 Å². The molecule has 0 amide bonds. The summed E-state index contributed by atoms with van der Waals surface area (Å²) in [6.45, 7) is 2.26. The summed E-state index contributed by atoms with van der Waals surface area (Å²) in [4.78, 5) is 5.07. The predicted octanol–water partition coefficient (Wildman–Crippen LogP) is 8.02. The molecule has 2 aliphatic rings. The van der Waals surface area contributed by atoms with Gasteiger partial charge < -0.3 is 0 Å². The summed E-state index contributed by atoms with van der Waals surface area (Å²) in [6.07, 6.45) is 15.4. The van der Waals surface area contributed by atoms with Gasteiger partial charge in [-0.05, 0) is 73.8 Å². The van der Waals surface area contributed by atoms with Crippen LogP contribution >= 0.6 is 0 Å². The van der Waals surface area contributed by atoms with E-state index in [1.54, 1.807) is 5.56 Å². The SMILES string of the molecule is Cc1ccnc2c3c(C4CCCCC4)cccc3n3c4c(C5CCCCC5)cccc4[n+](C)c3c12. The fraction of sp³-hybridized carbons (Fsp3) is 0.438. The average Bonchev–Trinajstić information content (AvgIpc) is 3.22. The molecule has 0 radical (unpaired) electrons. The van der Waals surface area contributed by atoms with Gasteiger partial charge in [-0.2, -0.15) is 4.40 Å². The highest BCUT2D eigenvalue weighted by molar-refractivity contribution is 6.13. The first-order chi connectivity index (χ1) is 17.2. The Hall–Kier alpha value is -2.94. The zero-order valence-corrected chi connectivity index (χ0v) is 21.2. The van der Waals surface area contributed by atoms with Crippen molar-refractivity contribution in [3.05, 3.63) is 65.4 Å². The maximum atomic E-state index is 5.07. The van der Waals surface area contributed by atoms with Crippen LogP contribution in [0.3, 0.4) is 0 Å². The Labute approximate surface area is 207 Å². The van der Waals surface area contributed by atoms with Crippen LogP contribution in [-0.4, -0.2) is 9.38 Å². The van der Waals surface area contributed by atoms with Crippen LogP contribution in [0.15, 0.2) is 48.7 Å². The van der Waals surface area contributed by atoms with Crippen molar-refractivity contribution >= 4 is 38.5 Å². The first-order valence-corrected chi connectivity index (χ1v) is 13.9. The van der Waals surface area contributed by atoms with Crippen LogP contribution in [0.4, 0.5) is 0 Å². The smallest absolute Gasteiger partial charge is 0.255 e. The van der Waals surface area contributed by atoms with Gasteiger partial charge in [0.25, 0.3) is 5.65 Å². The number of imidazole rings is 1. The molecule has 3 heterocycles. The molecule has 3 nitrogen and oxygen atoms in total. The van der Waals surface area contributed by atoms with E-state index in [0.717, 1.165) is 0 Å². The van der Waals surface area contributed by atoms with E-state index in [0.29, 0.717) is 11.8 Å². The van der Waals surface area contributed by atoms with Gasteiger partial charge in [-0.15, -0.1) is 0 Å². The zero-order valence-electron chi connectivity index (χ0n) is 21.2. The Bertz CT molecular complexity index is 1580. The van der Waals surface area contributed by atoms with Crippen LogP contribution in [-0.2, 0) is 7.05 Å². The molecule has 0 unspecified atom stereocenters. The maximum absolute atomic E-state index is 5.07. The van der Waals surface area contributed by atoms with Crippen molar-refractivity contribution in [1.82, 2.24) is 9.38 Å². The van der Waals surface area contributed by atoms with E-state index in [1.165, 1.54) is 114 Å². The molecule has 35 heavy (non-hydrogen) atoms. The van der Waals surface area contributed by atoms with Gasteiger partial charge in [-0.1, -0.05) is 62.8 Å². The number of benzene rings is 2. The van der Waals surface area contributed by atoms with E-state index >= 15 is 0 Å². The molecule has 3 aromatic heterocycles. The number of nitrogens with zero attached hydrogens (tertiary/aromatic N) is 3. The van der Waals surface area contributed by atoms with Crippen LogP contribution in [0.5, 0.6) is 0 Å². The molecular formula is C32H36N3+. The average molecular weight is 463 g/mol. The van der Waals surface area contributed by atoms with Crippen LogP contribution < -0.4 is 4.57 Å². The van der Waals surface area contributed by atoms with Crippen molar-refractivity contribution in [2.45, 2.75) is 83.0 Å². The quantitative estimate of drug-likeness (QED) is 0.192. The fourth-order valence-corrected chi connectivity index (χ4v) is 7.48. The van der Waals surface area contributed by atoms with E-state index in [2.05, 4.69) is 65.4 Å². The van der Waals surface area contributed by atoms with Gasteiger partial charge in [0.15, 0.2) is 11.0 Å². The monoisotopic (exact) mass is 462 g/mol. The van der Waals surface area contributed by atoms with E-state index in [4.69, 9.17) is 4.98 Å². The van der Waals surface area contributed by atoms with Crippen LogP contribution in [0.2, 0.25) is 0 Å². The highest BCUT2D eigenvalue weighted by Crippen LogP contribution is 2.42. The third-order valence-electron chi connectivity index (χ3n) is 9.19. The number of rotatable bonds is 2. The highest BCUT2D eigenvalue weighted by atomic mass is 15.1. The molecule has 0 bridgehead atoms. The molecule has 2 saturated carbocycles. The number of aryl methyl sites for hydroxylation is 2. The molecule has 7 rings (SSSR count). The second kappa shape index (κ2) is 8.33. The Morgan fingerprint density at radius 2 is 1.43 bits per heavy atom. The van der Waals surface area contributed by atoms with Crippen molar-refractivity contribution in [1.29, 1.82) is 0 Å². The van der Waals surface area contributed by atoms with Crippen molar-refractivity contribution in [3.8, 4) is 0 Å². The van der Waals surface area contributed by atoms with Gasteiger partial charge in [0.05, 0.1) is 23.3 Å². The van der Waals surface area contributed by atoms with Crippen LogP contribution in [0, 0.1) is 6.92 Å². The van der Waals surface area contributed by atoms with Gasteiger partial charge >= 0.3 is 0 Å². The van der Waals surface area contributed by atoms with Gasteiger partial charge in [-0.25, -0.2) is 4.57 Å². The lowest BCUT2D eigenvalue weighted by Crippen LogP contribution is -2.27. The highest BCUT2D eigenvalue weighted by Gasteiger charge is 2.31. The molecular weight excluding hydrogens is 426 g/mol. The van der Waals surface area contributed by atoms with Gasteiger partial charge in [-0.3, -0.25) is 4.98 Å². The second-order valence-corrected chi connectivity index (χ2v) is 11.2. The third-order valence-corrected chi connectivity index (χ3v) is 9.19. The molecule has 178 valence electrons. The Kier molecular flexibility index (Phi) is 5.08.